The molecule has 0 amide bonds. The normalized spacial score (nSPS) is 29.7. The van der Waals surface area contributed by atoms with Crippen LogP contribution in [0.2, 0.25) is 0 Å². The van der Waals surface area contributed by atoms with E-state index in [4.69, 9.17) is 9.97 Å². The highest BCUT2D eigenvalue weighted by Crippen LogP contribution is 2.34. The Bertz CT molecular complexity index is 744. The quantitative estimate of drug-likeness (QED) is 0.604. The van der Waals surface area contributed by atoms with E-state index in [-0.39, 0.29) is 11.8 Å². The molecule has 1 aromatic rings. The van der Waals surface area contributed by atoms with Crippen LogP contribution in [0.3, 0.4) is 0 Å². The maximum absolute atomic E-state index is 12.3. The monoisotopic (exact) mass is 441 g/mol. The van der Waals surface area contributed by atoms with Crippen LogP contribution in [0.5, 0.6) is 0 Å². The Morgan fingerprint density at radius 3 is 2.16 bits per heavy atom. The van der Waals surface area contributed by atoms with Gasteiger partial charge in [0, 0.05) is 73.6 Å². The molecule has 1 saturated carbocycles. The van der Waals surface area contributed by atoms with Gasteiger partial charge in [-0.05, 0) is 58.9 Å². The fraction of sp³-hybridized carbons (Fsp3) is 0.808. The van der Waals surface area contributed by atoms with Crippen molar-refractivity contribution in [3.05, 3.63) is 18.0 Å². The van der Waals surface area contributed by atoms with Gasteiger partial charge in [-0.2, -0.15) is 0 Å². The number of Topliss-reactive ketones (excluding diaryl/α,β-unsaturated/α-hetero) is 1. The molecule has 3 atom stereocenters. The molecule has 0 aromatic carbocycles. The van der Waals surface area contributed by atoms with Crippen molar-refractivity contribution in [2.75, 3.05) is 25.0 Å². The minimum absolute atomic E-state index is 0.165. The summed E-state index contributed by atoms with van der Waals surface area (Å²) in [6.45, 7) is 11.9. The molecule has 6 heteroatoms. The zero-order chi connectivity index (χ0) is 22.8. The lowest BCUT2D eigenvalue weighted by Gasteiger charge is -2.43. The lowest BCUT2D eigenvalue weighted by molar-refractivity contribution is -0.127. The van der Waals surface area contributed by atoms with Crippen LogP contribution in [0.4, 0.5) is 5.95 Å². The third kappa shape index (κ3) is 5.01. The minimum Gasteiger partial charge on any atom is -0.332 e. The molecule has 6 nitrogen and oxygen atoms in total. The molecule has 3 fully saturated rings. The Morgan fingerprint density at radius 1 is 1.03 bits per heavy atom. The van der Waals surface area contributed by atoms with Crippen LogP contribution in [0.25, 0.3) is 0 Å². The van der Waals surface area contributed by atoms with Gasteiger partial charge in [0.15, 0.2) is 0 Å². The van der Waals surface area contributed by atoms with Gasteiger partial charge in [0.05, 0.1) is 0 Å². The zero-order valence-electron chi connectivity index (χ0n) is 20.8. The van der Waals surface area contributed by atoms with Crippen LogP contribution in [0.1, 0.15) is 78.2 Å². The fourth-order valence-corrected chi connectivity index (χ4v) is 6.13. The molecule has 3 aliphatic rings. The summed E-state index contributed by atoms with van der Waals surface area (Å²) in [5.41, 5.74) is 1.18. The van der Waals surface area contributed by atoms with Crippen molar-refractivity contribution >= 4 is 11.7 Å². The van der Waals surface area contributed by atoms with Crippen LogP contribution in [0, 0.1) is 11.8 Å². The molecule has 2 bridgehead atoms. The number of anilines is 1. The first-order chi connectivity index (χ1) is 15.4. The SMILES string of the molecule is CCC(C)N1CC2CCC(C1)N2c1ncc(CN(C)C2CCC(C(=O)C(C)C)CC2)cn1. The van der Waals surface area contributed by atoms with Gasteiger partial charge in [-0.3, -0.25) is 14.6 Å². The molecule has 0 spiro atoms. The number of rotatable bonds is 8. The molecule has 0 N–H and O–H groups in total. The summed E-state index contributed by atoms with van der Waals surface area (Å²) in [5, 5.41) is 0. The lowest BCUT2D eigenvalue weighted by atomic mass is 9.80. The first-order valence-corrected chi connectivity index (χ1v) is 12.9. The van der Waals surface area contributed by atoms with Gasteiger partial charge in [0.1, 0.15) is 5.78 Å². The largest absolute Gasteiger partial charge is 0.332 e. The van der Waals surface area contributed by atoms with Gasteiger partial charge in [0.2, 0.25) is 5.95 Å². The Kier molecular flexibility index (Phi) is 7.51. The molecular weight excluding hydrogens is 398 g/mol. The van der Waals surface area contributed by atoms with Crippen LogP contribution < -0.4 is 4.90 Å². The average molecular weight is 442 g/mol. The van der Waals surface area contributed by atoms with Crippen molar-refractivity contribution in [1.82, 2.24) is 19.8 Å². The van der Waals surface area contributed by atoms with E-state index >= 15 is 0 Å². The van der Waals surface area contributed by atoms with Crippen molar-refractivity contribution in [1.29, 1.82) is 0 Å². The van der Waals surface area contributed by atoms with Gasteiger partial charge in [-0.15, -0.1) is 0 Å². The van der Waals surface area contributed by atoms with Gasteiger partial charge >= 0.3 is 0 Å². The molecule has 1 aliphatic carbocycles. The van der Waals surface area contributed by atoms with Crippen molar-refractivity contribution in [3.8, 4) is 0 Å². The number of piperazine rings is 1. The summed E-state index contributed by atoms with van der Waals surface area (Å²) in [4.78, 5) is 29.5. The second-order valence-electron chi connectivity index (χ2n) is 10.9. The summed E-state index contributed by atoms with van der Waals surface area (Å²) in [5.74, 6) is 1.81. The molecule has 2 saturated heterocycles. The summed E-state index contributed by atoms with van der Waals surface area (Å²) in [6, 6.07) is 2.33. The van der Waals surface area contributed by atoms with Crippen LogP contribution in [-0.2, 0) is 11.3 Å². The van der Waals surface area contributed by atoms with E-state index in [1.54, 1.807) is 0 Å². The lowest BCUT2D eigenvalue weighted by Crippen LogP contribution is -2.56. The number of fused-ring (bicyclic) bond motifs is 2. The molecule has 3 unspecified atom stereocenters. The summed E-state index contributed by atoms with van der Waals surface area (Å²) < 4.78 is 0. The molecule has 178 valence electrons. The van der Waals surface area contributed by atoms with E-state index in [0.29, 0.717) is 30.0 Å². The predicted octanol–water partition coefficient (Wildman–Crippen LogP) is 4.14. The van der Waals surface area contributed by atoms with Crippen molar-refractivity contribution in [3.63, 3.8) is 0 Å². The number of likely N-dealkylation sites (tertiary alicyclic amines) is 1. The van der Waals surface area contributed by atoms with Crippen LogP contribution >= 0.6 is 0 Å². The number of hydrogen-bond acceptors (Lipinski definition) is 6. The van der Waals surface area contributed by atoms with Crippen LogP contribution in [0.15, 0.2) is 12.4 Å². The minimum atomic E-state index is 0.165. The fourth-order valence-electron chi connectivity index (χ4n) is 6.13. The number of carbonyl (C=O) groups is 1. The third-order valence-electron chi connectivity index (χ3n) is 8.37. The zero-order valence-corrected chi connectivity index (χ0v) is 20.8. The number of hydrogen-bond donors (Lipinski definition) is 0. The maximum Gasteiger partial charge on any atom is 0.225 e. The second kappa shape index (κ2) is 10.2. The predicted molar refractivity (Wildman–Crippen MR) is 130 cm³/mol. The van der Waals surface area contributed by atoms with Crippen molar-refractivity contribution in [2.24, 2.45) is 11.8 Å². The van der Waals surface area contributed by atoms with E-state index in [0.717, 1.165) is 51.3 Å². The molecule has 32 heavy (non-hydrogen) atoms. The highest BCUT2D eigenvalue weighted by atomic mass is 16.1. The average Bonchev–Trinajstić information content (AvgIpc) is 3.07. The molecular formula is C26H43N5O. The molecule has 0 radical (unpaired) electrons. The Morgan fingerprint density at radius 2 is 1.62 bits per heavy atom. The highest BCUT2D eigenvalue weighted by Gasteiger charge is 2.42. The molecule has 3 heterocycles. The van der Waals surface area contributed by atoms with E-state index in [1.165, 1.54) is 24.8 Å². The van der Waals surface area contributed by atoms with Crippen molar-refractivity contribution in [2.45, 2.75) is 103 Å². The first-order valence-electron chi connectivity index (χ1n) is 12.9. The number of aromatic nitrogens is 2. The topological polar surface area (TPSA) is 52.6 Å². The first kappa shape index (κ1) is 23.6. The number of ketones is 1. The molecule has 1 aromatic heterocycles. The Balaban J connectivity index is 1.31. The molecule has 4 rings (SSSR count). The van der Waals surface area contributed by atoms with E-state index in [9.17, 15) is 4.79 Å². The summed E-state index contributed by atoms with van der Waals surface area (Å²) >= 11 is 0. The standard InChI is InChI=1S/C26H43N5O/c1-6-19(4)30-16-23-11-12-24(17-30)31(23)26-27-13-20(14-28-26)15-29(5)22-9-7-21(8-10-22)25(32)18(2)3/h13-14,18-19,21-24H,6-12,15-17H2,1-5H3. The Hall–Kier alpha value is -1.53. The number of nitrogens with zero attached hydrogens (tertiary/aromatic N) is 5. The number of carbonyl (C=O) groups excluding carboxylic acids is 1. The highest BCUT2D eigenvalue weighted by molar-refractivity contribution is 5.82. The summed E-state index contributed by atoms with van der Waals surface area (Å²) in [7, 11) is 2.21. The van der Waals surface area contributed by atoms with Crippen LogP contribution in [-0.4, -0.2) is 69.9 Å². The van der Waals surface area contributed by atoms with Gasteiger partial charge in [0.25, 0.3) is 0 Å². The smallest absolute Gasteiger partial charge is 0.225 e. The van der Waals surface area contributed by atoms with Gasteiger partial charge in [-0.1, -0.05) is 20.8 Å². The second-order valence-corrected chi connectivity index (χ2v) is 10.9. The van der Waals surface area contributed by atoms with E-state index in [2.05, 4.69) is 35.6 Å². The van der Waals surface area contributed by atoms with Gasteiger partial charge < -0.3 is 4.90 Å². The van der Waals surface area contributed by atoms with E-state index in [1.807, 2.05) is 26.2 Å². The molecule has 2 aliphatic heterocycles. The van der Waals surface area contributed by atoms with Gasteiger partial charge in [-0.25, -0.2) is 9.97 Å². The maximum atomic E-state index is 12.3. The van der Waals surface area contributed by atoms with E-state index < -0.39 is 0 Å². The Labute approximate surface area is 194 Å². The summed E-state index contributed by atoms with van der Waals surface area (Å²) in [6.07, 6.45) is 12.1. The third-order valence-corrected chi connectivity index (χ3v) is 8.37. The van der Waals surface area contributed by atoms with Crippen molar-refractivity contribution < 1.29 is 4.79 Å².